The van der Waals surface area contributed by atoms with Crippen molar-refractivity contribution < 1.29 is 10.2 Å². The Kier molecular flexibility index (Phi) is 4.74. The van der Waals surface area contributed by atoms with E-state index >= 15 is 0 Å². The Labute approximate surface area is 163 Å². The number of nitrogens with two attached hydrogens (primary N) is 1. The number of H-pyrrole nitrogens is 1. The standard InChI is InChI=1S/C20H24F2N6.H2/c1-20(2,22)18(23)12-5-4-10-28(11-12)15-8-7-14(21)17(25-15)16-13-6-3-9-24-19(13)27-26-16;/h3,6-9,12,18H,4-5,10-11,23H2,1-2H3,(H,24,26,27);1H. The van der Waals surface area contributed by atoms with Crippen LogP contribution in [-0.4, -0.2) is 45.0 Å². The number of alkyl halides is 1. The largest absolute Gasteiger partial charge is 0.356 e. The Morgan fingerprint density at radius 1 is 1.36 bits per heavy atom. The summed E-state index contributed by atoms with van der Waals surface area (Å²) in [4.78, 5) is 10.8. The maximum absolute atomic E-state index is 14.6. The number of piperidine rings is 1. The lowest BCUT2D eigenvalue weighted by Gasteiger charge is -2.39. The van der Waals surface area contributed by atoms with E-state index in [-0.39, 0.29) is 13.0 Å². The van der Waals surface area contributed by atoms with Gasteiger partial charge in [-0.25, -0.2) is 18.7 Å². The van der Waals surface area contributed by atoms with Crippen molar-refractivity contribution in [2.75, 3.05) is 18.0 Å². The molecule has 2 unspecified atom stereocenters. The second kappa shape index (κ2) is 7.09. The molecule has 3 aromatic heterocycles. The average molecular weight is 388 g/mol. The Balaban J connectivity index is 0.00000240. The van der Waals surface area contributed by atoms with Gasteiger partial charge in [0, 0.05) is 32.1 Å². The second-order valence-corrected chi connectivity index (χ2v) is 7.91. The summed E-state index contributed by atoms with van der Waals surface area (Å²) in [7, 11) is 0. The fraction of sp³-hybridized carbons (Fsp3) is 0.450. The van der Waals surface area contributed by atoms with Gasteiger partial charge in [0.05, 0.1) is 5.69 Å². The Bertz CT molecular complexity index is 987. The van der Waals surface area contributed by atoms with Crippen LogP contribution in [0.5, 0.6) is 0 Å². The van der Waals surface area contributed by atoms with Crippen LogP contribution in [0.2, 0.25) is 0 Å². The van der Waals surface area contributed by atoms with Crippen LogP contribution in [0, 0.1) is 11.7 Å². The van der Waals surface area contributed by atoms with Gasteiger partial charge in [-0.3, -0.25) is 5.10 Å². The van der Waals surface area contributed by atoms with Crippen LogP contribution < -0.4 is 10.6 Å². The molecule has 0 radical (unpaired) electrons. The van der Waals surface area contributed by atoms with E-state index in [0.29, 0.717) is 29.1 Å². The van der Waals surface area contributed by atoms with Gasteiger partial charge >= 0.3 is 0 Å². The third kappa shape index (κ3) is 3.44. The molecular formula is C20H26F2N6. The van der Waals surface area contributed by atoms with Crippen molar-refractivity contribution in [3.05, 3.63) is 36.3 Å². The molecule has 1 aliphatic rings. The van der Waals surface area contributed by atoms with E-state index < -0.39 is 17.5 Å². The third-order valence-corrected chi connectivity index (χ3v) is 5.48. The number of nitrogens with zero attached hydrogens (tertiary/aromatic N) is 4. The molecule has 4 rings (SSSR count). The van der Waals surface area contributed by atoms with E-state index in [2.05, 4.69) is 25.1 Å². The van der Waals surface area contributed by atoms with Gasteiger partial charge in [0.15, 0.2) is 11.5 Å². The highest BCUT2D eigenvalue weighted by atomic mass is 19.1. The normalized spacial score (nSPS) is 19.2. The number of fused-ring (bicyclic) bond motifs is 1. The van der Waals surface area contributed by atoms with Gasteiger partial charge in [-0.05, 0) is 56.9 Å². The predicted octanol–water partition coefficient (Wildman–Crippen LogP) is 3.70. The summed E-state index contributed by atoms with van der Waals surface area (Å²) in [6.07, 6.45) is 3.40. The van der Waals surface area contributed by atoms with Gasteiger partial charge in [-0.1, -0.05) is 0 Å². The predicted molar refractivity (Wildman–Crippen MR) is 107 cm³/mol. The molecule has 0 aliphatic carbocycles. The van der Waals surface area contributed by atoms with Crippen molar-refractivity contribution in [3.63, 3.8) is 0 Å². The molecule has 0 spiro atoms. The van der Waals surface area contributed by atoms with E-state index in [0.717, 1.165) is 19.4 Å². The van der Waals surface area contributed by atoms with Gasteiger partial charge in [0.25, 0.3) is 0 Å². The monoisotopic (exact) mass is 388 g/mol. The zero-order valence-corrected chi connectivity index (χ0v) is 16.0. The quantitative estimate of drug-likeness (QED) is 0.712. The third-order valence-electron chi connectivity index (χ3n) is 5.48. The maximum Gasteiger partial charge on any atom is 0.181 e. The maximum atomic E-state index is 14.6. The van der Waals surface area contributed by atoms with Crippen LogP contribution >= 0.6 is 0 Å². The van der Waals surface area contributed by atoms with Crippen LogP contribution in [0.3, 0.4) is 0 Å². The van der Waals surface area contributed by atoms with Crippen LogP contribution in [-0.2, 0) is 0 Å². The first kappa shape index (κ1) is 18.7. The summed E-state index contributed by atoms with van der Waals surface area (Å²) < 4.78 is 28.9. The van der Waals surface area contributed by atoms with Gasteiger partial charge < -0.3 is 10.6 Å². The van der Waals surface area contributed by atoms with E-state index in [1.54, 1.807) is 18.3 Å². The molecular weight excluding hydrogens is 362 g/mol. The van der Waals surface area contributed by atoms with E-state index in [4.69, 9.17) is 5.73 Å². The molecule has 2 atom stereocenters. The average Bonchev–Trinajstić information content (AvgIpc) is 3.11. The highest BCUT2D eigenvalue weighted by Crippen LogP contribution is 2.31. The van der Waals surface area contributed by atoms with Gasteiger partial charge in [0.1, 0.15) is 17.2 Å². The zero-order chi connectivity index (χ0) is 19.9. The molecule has 3 aromatic rings. The summed E-state index contributed by atoms with van der Waals surface area (Å²) >= 11 is 0. The number of aromatic amines is 1. The van der Waals surface area contributed by atoms with Crippen molar-refractivity contribution in [2.45, 2.75) is 38.4 Å². The highest BCUT2D eigenvalue weighted by molar-refractivity contribution is 5.89. The molecule has 0 bridgehead atoms. The first-order valence-corrected chi connectivity index (χ1v) is 9.50. The minimum atomic E-state index is -1.45. The van der Waals surface area contributed by atoms with Gasteiger partial charge in [0.2, 0.25) is 0 Å². The number of aromatic nitrogens is 4. The Morgan fingerprint density at radius 2 is 2.18 bits per heavy atom. The summed E-state index contributed by atoms with van der Waals surface area (Å²) in [5.74, 6) is 0.228. The van der Waals surface area contributed by atoms with Crippen molar-refractivity contribution >= 4 is 16.9 Å². The first-order chi connectivity index (χ1) is 13.3. The fourth-order valence-corrected chi connectivity index (χ4v) is 3.89. The minimum absolute atomic E-state index is 0. The molecule has 3 N–H and O–H groups in total. The molecule has 1 aliphatic heterocycles. The SMILES string of the molecule is CC(C)(F)C(N)C1CCCN(c2ccc(F)c(-c3[nH]nc4ncccc34)n2)C1.[HH]. The zero-order valence-electron chi connectivity index (χ0n) is 16.0. The number of nitrogens with one attached hydrogen (secondary N) is 1. The lowest BCUT2D eigenvalue weighted by molar-refractivity contribution is 0.126. The van der Waals surface area contributed by atoms with Crippen LogP contribution in [0.1, 0.15) is 28.1 Å². The van der Waals surface area contributed by atoms with Crippen molar-refractivity contribution in [3.8, 4) is 11.4 Å². The summed E-state index contributed by atoms with van der Waals surface area (Å²) in [5.41, 5.74) is 5.92. The molecule has 1 saturated heterocycles. The van der Waals surface area contributed by atoms with E-state index in [9.17, 15) is 8.78 Å². The molecule has 6 nitrogen and oxygen atoms in total. The van der Waals surface area contributed by atoms with Crippen LogP contribution in [0.4, 0.5) is 14.6 Å². The van der Waals surface area contributed by atoms with Crippen LogP contribution in [0.15, 0.2) is 30.5 Å². The molecule has 1 fully saturated rings. The van der Waals surface area contributed by atoms with Crippen molar-refractivity contribution in [1.29, 1.82) is 0 Å². The second-order valence-electron chi connectivity index (χ2n) is 7.91. The fourth-order valence-electron chi connectivity index (χ4n) is 3.89. The lowest BCUT2D eigenvalue weighted by atomic mass is 9.83. The van der Waals surface area contributed by atoms with Gasteiger partial charge in [-0.2, -0.15) is 5.10 Å². The summed E-state index contributed by atoms with van der Waals surface area (Å²) in [6.45, 7) is 4.40. The highest BCUT2D eigenvalue weighted by Gasteiger charge is 2.35. The molecule has 0 amide bonds. The number of rotatable bonds is 4. The molecule has 4 heterocycles. The molecule has 0 saturated carbocycles. The lowest BCUT2D eigenvalue weighted by Crippen LogP contribution is -2.51. The molecule has 150 valence electrons. The Morgan fingerprint density at radius 3 is 2.96 bits per heavy atom. The van der Waals surface area contributed by atoms with Gasteiger partial charge in [-0.15, -0.1) is 0 Å². The van der Waals surface area contributed by atoms with E-state index in [1.165, 1.54) is 19.9 Å². The van der Waals surface area contributed by atoms with Crippen molar-refractivity contribution in [2.24, 2.45) is 11.7 Å². The first-order valence-electron chi connectivity index (χ1n) is 9.50. The Hall–Kier alpha value is -2.61. The smallest absolute Gasteiger partial charge is 0.181 e. The summed E-state index contributed by atoms with van der Waals surface area (Å²) in [6, 6.07) is 6.11. The number of pyridine rings is 2. The molecule has 8 heteroatoms. The van der Waals surface area contributed by atoms with E-state index in [1.807, 2.05) is 6.07 Å². The number of halogens is 2. The number of hydrogen-bond donors (Lipinski definition) is 2. The number of hydrogen-bond acceptors (Lipinski definition) is 5. The number of anilines is 1. The summed E-state index contributed by atoms with van der Waals surface area (Å²) in [5, 5.41) is 7.68. The van der Waals surface area contributed by atoms with Crippen molar-refractivity contribution in [1.82, 2.24) is 20.2 Å². The van der Waals surface area contributed by atoms with Crippen LogP contribution in [0.25, 0.3) is 22.4 Å². The topological polar surface area (TPSA) is 83.7 Å². The molecule has 0 aromatic carbocycles. The minimum Gasteiger partial charge on any atom is -0.356 e. The molecule has 28 heavy (non-hydrogen) atoms.